The Morgan fingerprint density at radius 1 is 1.24 bits per heavy atom. The molecule has 1 aromatic carbocycles. The molecule has 1 saturated heterocycles. The first kappa shape index (κ1) is 21.1. The lowest BCUT2D eigenvalue weighted by Crippen LogP contribution is -2.54. The number of aryl methyl sites for hydroxylation is 1. The van der Waals surface area contributed by atoms with E-state index in [1.807, 2.05) is 31.2 Å². The number of nitrogens with one attached hydrogen (secondary N) is 1. The maximum atomic E-state index is 13.0. The molecule has 7 nitrogen and oxygen atoms in total. The Morgan fingerprint density at radius 2 is 2.00 bits per heavy atom. The highest BCUT2D eigenvalue weighted by atomic mass is 16.6. The van der Waals surface area contributed by atoms with Crippen molar-refractivity contribution < 1.29 is 23.9 Å². The molecule has 0 radical (unpaired) electrons. The van der Waals surface area contributed by atoms with Crippen LogP contribution in [-0.4, -0.2) is 48.1 Å². The van der Waals surface area contributed by atoms with Crippen LogP contribution in [0.25, 0.3) is 0 Å². The molecule has 3 rings (SSSR count). The van der Waals surface area contributed by atoms with Crippen molar-refractivity contribution in [2.45, 2.75) is 52.5 Å². The third-order valence-electron chi connectivity index (χ3n) is 5.52. The predicted molar refractivity (Wildman–Crippen MR) is 107 cm³/mol. The second-order valence-corrected chi connectivity index (χ2v) is 9.14. The molecule has 158 valence electrons. The SMILES string of the molecule is Cc1cccc(OCCOC(=O)CN2C(=O)N[C@@]3(C[C@H](C)CC(C)(C)C3)C2=O)c1. The van der Waals surface area contributed by atoms with Gasteiger partial charge in [0.2, 0.25) is 0 Å². The molecular weight excluding hydrogens is 372 g/mol. The van der Waals surface area contributed by atoms with E-state index in [1.54, 1.807) is 0 Å². The van der Waals surface area contributed by atoms with E-state index in [2.05, 4.69) is 26.1 Å². The van der Waals surface area contributed by atoms with E-state index in [4.69, 9.17) is 9.47 Å². The van der Waals surface area contributed by atoms with Gasteiger partial charge in [-0.15, -0.1) is 0 Å². The van der Waals surface area contributed by atoms with Crippen molar-refractivity contribution in [1.29, 1.82) is 0 Å². The molecule has 2 aliphatic rings. The smallest absolute Gasteiger partial charge is 0.326 e. The molecule has 1 aliphatic heterocycles. The number of hydrogen-bond acceptors (Lipinski definition) is 5. The number of benzene rings is 1. The molecule has 1 aromatic rings. The van der Waals surface area contributed by atoms with Crippen molar-refractivity contribution in [1.82, 2.24) is 10.2 Å². The normalized spacial score (nSPS) is 25.8. The summed E-state index contributed by atoms with van der Waals surface area (Å²) < 4.78 is 10.7. The van der Waals surface area contributed by atoms with Crippen LogP contribution in [0.15, 0.2) is 24.3 Å². The third kappa shape index (κ3) is 4.89. The molecule has 1 heterocycles. The first-order chi connectivity index (χ1) is 13.6. The second kappa shape index (κ2) is 8.05. The fraction of sp³-hybridized carbons (Fsp3) is 0.591. The maximum absolute atomic E-state index is 13.0. The molecule has 1 aliphatic carbocycles. The van der Waals surface area contributed by atoms with Crippen molar-refractivity contribution in [3.63, 3.8) is 0 Å². The Labute approximate surface area is 171 Å². The molecule has 29 heavy (non-hydrogen) atoms. The van der Waals surface area contributed by atoms with Gasteiger partial charge in [-0.3, -0.25) is 14.5 Å². The zero-order valence-corrected chi connectivity index (χ0v) is 17.6. The molecule has 1 N–H and O–H groups in total. The second-order valence-electron chi connectivity index (χ2n) is 9.14. The molecular formula is C22H30N2O5. The van der Waals surface area contributed by atoms with Crippen molar-refractivity contribution >= 4 is 17.9 Å². The van der Waals surface area contributed by atoms with E-state index in [-0.39, 0.29) is 31.1 Å². The Balaban J connectivity index is 1.51. The van der Waals surface area contributed by atoms with Gasteiger partial charge in [-0.2, -0.15) is 0 Å². The van der Waals surface area contributed by atoms with Crippen LogP contribution in [0.4, 0.5) is 4.79 Å². The van der Waals surface area contributed by atoms with Crippen molar-refractivity contribution in [3.8, 4) is 5.75 Å². The number of nitrogens with zero attached hydrogens (tertiary/aromatic N) is 1. The summed E-state index contributed by atoms with van der Waals surface area (Å²) in [5, 5.41) is 2.86. The molecule has 0 unspecified atom stereocenters. The number of esters is 1. The van der Waals surface area contributed by atoms with Gasteiger partial charge in [0.05, 0.1) is 0 Å². The van der Waals surface area contributed by atoms with E-state index in [0.717, 1.165) is 16.9 Å². The highest BCUT2D eigenvalue weighted by Crippen LogP contribution is 2.46. The summed E-state index contributed by atoms with van der Waals surface area (Å²) in [5.41, 5.74) is 0.115. The minimum absolute atomic E-state index is 0.0473. The van der Waals surface area contributed by atoms with Gasteiger partial charge >= 0.3 is 12.0 Å². The van der Waals surface area contributed by atoms with Crippen molar-refractivity contribution in [3.05, 3.63) is 29.8 Å². The van der Waals surface area contributed by atoms with E-state index in [1.165, 1.54) is 0 Å². The lowest BCUT2D eigenvalue weighted by Gasteiger charge is -2.43. The van der Waals surface area contributed by atoms with Gasteiger partial charge in [-0.1, -0.05) is 32.9 Å². The molecule has 3 amide bonds. The van der Waals surface area contributed by atoms with Crippen LogP contribution < -0.4 is 10.1 Å². The number of rotatable bonds is 6. The Hall–Kier alpha value is -2.57. The summed E-state index contributed by atoms with van der Waals surface area (Å²) in [6, 6.07) is 7.05. The summed E-state index contributed by atoms with van der Waals surface area (Å²) in [5.74, 6) is 0.0661. The number of urea groups is 1. The summed E-state index contributed by atoms with van der Waals surface area (Å²) in [7, 11) is 0. The van der Waals surface area contributed by atoms with Gasteiger partial charge < -0.3 is 14.8 Å². The Morgan fingerprint density at radius 3 is 2.69 bits per heavy atom. The third-order valence-corrected chi connectivity index (χ3v) is 5.52. The monoisotopic (exact) mass is 402 g/mol. The quantitative estimate of drug-likeness (QED) is 0.449. The van der Waals surface area contributed by atoms with Crippen molar-refractivity contribution in [2.75, 3.05) is 19.8 Å². The fourth-order valence-corrected chi connectivity index (χ4v) is 4.84. The molecule has 2 fully saturated rings. The van der Waals surface area contributed by atoms with Crippen LogP contribution in [-0.2, 0) is 14.3 Å². The number of carbonyl (C=O) groups excluding carboxylic acids is 3. The van der Waals surface area contributed by atoms with Gasteiger partial charge in [0, 0.05) is 0 Å². The zero-order chi connectivity index (χ0) is 21.2. The Bertz CT molecular complexity index is 806. The van der Waals surface area contributed by atoms with Crippen LogP contribution in [0.3, 0.4) is 0 Å². The molecule has 1 saturated carbocycles. The molecule has 1 spiro atoms. The minimum Gasteiger partial charge on any atom is -0.490 e. The highest BCUT2D eigenvalue weighted by molar-refractivity contribution is 6.08. The van der Waals surface area contributed by atoms with Crippen LogP contribution in [0.2, 0.25) is 0 Å². The lowest BCUT2D eigenvalue weighted by atomic mass is 9.64. The molecule has 7 heteroatoms. The average Bonchev–Trinajstić information content (AvgIpc) is 2.80. The topological polar surface area (TPSA) is 84.9 Å². The Kier molecular flexibility index (Phi) is 5.87. The number of carbonyl (C=O) groups is 3. The van der Waals surface area contributed by atoms with Crippen molar-refractivity contribution in [2.24, 2.45) is 11.3 Å². The van der Waals surface area contributed by atoms with Crippen LogP contribution in [0.1, 0.15) is 45.6 Å². The fourth-order valence-electron chi connectivity index (χ4n) is 4.84. The summed E-state index contributed by atoms with van der Waals surface area (Å²) in [6.07, 6.45) is 2.17. The number of hydrogen-bond donors (Lipinski definition) is 1. The highest BCUT2D eigenvalue weighted by Gasteiger charge is 2.56. The maximum Gasteiger partial charge on any atom is 0.326 e. The van der Waals surface area contributed by atoms with Gasteiger partial charge in [-0.05, 0) is 55.2 Å². The number of imide groups is 1. The first-order valence-corrected chi connectivity index (χ1v) is 10.1. The molecule has 2 atom stereocenters. The summed E-state index contributed by atoms with van der Waals surface area (Å²) >= 11 is 0. The number of amides is 3. The van der Waals surface area contributed by atoms with Gasteiger partial charge in [0.15, 0.2) is 0 Å². The van der Waals surface area contributed by atoms with Gasteiger partial charge in [0.25, 0.3) is 5.91 Å². The van der Waals surface area contributed by atoms with Crippen LogP contribution >= 0.6 is 0 Å². The summed E-state index contributed by atoms with van der Waals surface area (Å²) in [4.78, 5) is 38.6. The zero-order valence-electron chi connectivity index (χ0n) is 17.6. The number of ether oxygens (including phenoxy) is 2. The lowest BCUT2D eigenvalue weighted by molar-refractivity contribution is -0.149. The van der Waals surface area contributed by atoms with Gasteiger partial charge in [0.1, 0.15) is 31.0 Å². The van der Waals surface area contributed by atoms with E-state index < -0.39 is 17.5 Å². The largest absolute Gasteiger partial charge is 0.490 e. The molecule has 0 aromatic heterocycles. The van der Waals surface area contributed by atoms with Crippen LogP contribution in [0.5, 0.6) is 5.75 Å². The van der Waals surface area contributed by atoms with Crippen LogP contribution in [0, 0.1) is 18.3 Å². The first-order valence-electron chi connectivity index (χ1n) is 10.1. The standard InChI is InChI=1S/C22H30N2O5/c1-15-6-5-7-17(10-15)28-8-9-29-18(25)13-24-19(26)22(23-20(24)27)12-16(2)11-21(3,4)14-22/h5-7,10,16H,8-9,11-14H2,1-4H3,(H,23,27)/t16-,22-/m1/s1. The van der Waals surface area contributed by atoms with Gasteiger partial charge in [-0.25, -0.2) is 4.79 Å². The van der Waals surface area contributed by atoms with E-state index >= 15 is 0 Å². The van der Waals surface area contributed by atoms with E-state index in [9.17, 15) is 14.4 Å². The minimum atomic E-state index is -0.910. The average molecular weight is 402 g/mol. The summed E-state index contributed by atoms with van der Waals surface area (Å²) in [6.45, 7) is 8.13. The molecule has 0 bridgehead atoms. The van der Waals surface area contributed by atoms with E-state index in [0.29, 0.717) is 24.5 Å². The predicted octanol–water partition coefficient (Wildman–Crippen LogP) is 3.05.